The number of amides is 2. The summed E-state index contributed by atoms with van der Waals surface area (Å²) in [7, 11) is 1.72. The lowest BCUT2D eigenvalue weighted by Crippen LogP contribution is -2.14. The molecule has 1 aromatic heterocycles. The van der Waals surface area contributed by atoms with Crippen molar-refractivity contribution in [2.45, 2.75) is 27.7 Å². The van der Waals surface area contributed by atoms with Gasteiger partial charge in [0.2, 0.25) is 5.91 Å². The number of carbonyl (C=O) groups excluding carboxylic acids is 3. The molecule has 0 saturated heterocycles. The van der Waals surface area contributed by atoms with Crippen molar-refractivity contribution < 1.29 is 19.1 Å². The lowest BCUT2D eigenvalue weighted by atomic mass is 10.1. The third kappa shape index (κ3) is 3.93. The van der Waals surface area contributed by atoms with Crippen LogP contribution in [0.1, 0.15) is 46.0 Å². The van der Waals surface area contributed by atoms with Crippen molar-refractivity contribution in [3.05, 3.63) is 46.8 Å². The van der Waals surface area contributed by atoms with Crippen molar-refractivity contribution in [3.63, 3.8) is 0 Å². The quantitative estimate of drug-likeness (QED) is 0.805. The number of aromatic nitrogens is 1. The minimum Gasteiger partial charge on any atom is -0.461 e. The van der Waals surface area contributed by atoms with Crippen molar-refractivity contribution in [2.24, 2.45) is 7.05 Å². The summed E-state index contributed by atoms with van der Waals surface area (Å²) in [6.07, 6.45) is 0. The fraction of sp³-hybridized carbons (Fsp3) is 0.316. The van der Waals surface area contributed by atoms with Gasteiger partial charge in [0, 0.05) is 31.0 Å². The third-order valence-electron chi connectivity index (χ3n) is 4.07. The molecule has 0 aliphatic carbocycles. The summed E-state index contributed by atoms with van der Waals surface area (Å²) in [6, 6.07) is 6.85. The summed E-state index contributed by atoms with van der Waals surface area (Å²) in [5, 5.41) is 5.48. The van der Waals surface area contributed by atoms with Crippen molar-refractivity contribution in [3.8, 4) is 0 Å². The van der Waals surface area contributed by atoms with Gasteiger partial charge in [-0.15, -0.1) is 0 Å². The molecule has 26 heavy (non-hydrogen) atoms. The van der Waals surface area contributed by atoms with Gasteiger partial charge in [0.05, 0.1) is 12.2 Å². The maximum Gasteiger partial charge on any atom is 0.355 e. The molecule has 0 aliphatic heterocycles. The van der Waals surface area contributed by atoms with Crippen LogP contribution in [0.4, 0.5) is 11.4 Å². The average Bonchev–Trinajstić information content (AvgIpc) is 2.77. The van der Waals surface area contributed by atoms with Gasteiger partial charge in [0.15, 0.2) is 0 Å². The first-order chi connectivity index (χ1) is 12.3. The Kier molecular flexibility index (Phi) is 5.82. The molecule has 2 amide bonds. The molecule has 0 atom stereocenters. The van der Waals surface area contributed by atoms with Crippen LogP contribution in [0.15, 0.2) is 24.3 Å². The van der Waals surface area contributed by atoms with Gasteiger partial charge in [-0.3, -0.25) is 9.59 Å². The molecule has 0 aliphatic rings. The van der Waals surface area contributed by atoms with Gasteiger partial charge >= 0.3 is 5.97 Å². The second kappa shape index (κ2) is 7.86. The van der Waals surface area contributed by atoms with Crippen molar-refractivity contribution in [1.29, 1.82) is 0 Å². The Morgan fingerprint density at radius 2 is 1.73 bits per heavy atom. The molecule has 1 aromatic carbocycles. The van der Waals surface area contributed by atoms with E-state index in [-0.39, 0.29) is 18.4 Å². The van der Waals surface area contributed by atoms with E-state index in [9.17, 15) is 14.4 Å². The molecule has 0 radical (unpaired) electrons. The Labute approximate surface area is 152 Å². The number of hydrogen-bond donors (Lipinski definition) is 2. The van der Waals surface area contributed by atoms with Gasteiger partial charge in [-0.05, 0) is 44.5 Å². The van der Waals surface area contributed by atoms with Gasteiger partial charge in [-0.25, -0.2) is 4.79 Å². The average molecular weight is 357 g/mol. The van der Waals surface area contributed by atoms with E-state index in [0.717, 1.165) is 0 Å². The standard InChI is InChI=1S/C19H23N3O4/c1-6-26-19(25)17-11(2)16(12(3)22(17)5)18(24)21-15-9-7-8-14(10-15)20-13(4)23/h7-10H,6H2,1-5H3,(H,20,23)(H,21,24). The largest absolute Gasteiger partial charge is 0.461 e. The molecule has 7 heteroatoms. The van der Waals surface area contributed by atoms with Gasteiger partial charge in [0.1, 0.15) is 5.69 Å². The summed E-state index contributed by atoms with van der Waals surface area (Å²) in [5.74, 6) is -0.976. The summed E-state index contributed by atoms with van der Waals surface area (Å²) in [5.41, 5.74) is 3.16. The summed E-state index contributed by atoms with van der Waals surface area (Å²) in [6.45, 7) is 6.91. The summed E-state index contributed by atoms with van der Waals surface area (Å²) < 4.78 is 6.74. The van der Waals surface area contributed by atoms with Crippen molar-refractivity contribution >= 4 is 29.2 Å². The van der Waals surface area contributed by atoms with Gasteiger partial charge in [0.25, 0.3) is 5.91 Å². The highest BCUT2D eigenvalue weighted by molar-refractivity contribution is 6.08. The number of carbonyl (C=O) groups is 3. The maximum atomic E-state index is 12.8. The van der Waals surface area contributed by atoms with Crippen LogP contribution in [0.25, 0.3) is 0 Å². The van der Waals surface area contributed by atoms with Gasteiger partial charge in [-0.2, -0.15) is 0 Å². The van der Waals surface area contributed by atoms with Crippen LogP contribution in [0, 0.1) is 13.8 Å². The highest BCUT2D eigenvalue weighted by atomic mass is 16.5. The van der Waals surface area contributed by atoms with Crippen LogP contribution in [0.5, 0.6) is 0 Å². The van der Waals surface area contributed by atoms with Crippen molar-refractivity contribution in [2.75, 3.05) is 17.2 Å². The molecule has 0 unspecified atom stereocenters. The number of hydrogen-bond acceptors (Lipinski definition) is 4. The van der Waals surface area contributed by atoms with Crippen LogP contribution >= 0.6 is 0 Å². The maximum absolute atomic E-state index is 12.8. The number of benzene rings is 1. The molecular formula is C19H23N3O4. The van der Waals surface area contributed by atoms with Crippen LogP contribution in [-0.4, -0.2) is 29.0 Å². The van der Waals surface area contributed by atoms with E-state index in [1.807, 2.05) is 0 Å². The highest BCUT2D eigenvalue weighted by Crippen LogP contribution is 2.24. The lowest BCUT2D eigenvalue weighted by Gasteiger charge is -2.08. The molecule has 0 fully saturated rings. The van der Waals surface area contributed by atoms with E-state index in [1.165, 1.54) is 6.92 Å². The van der Waals surface area contributed by atoms with Gasteiger partial charge in [-0.1, -0.05) is 6.07 Å². The Morgan fingerprint density at radius 1 is 1.12 bits per heavy atom. The fourth-order valence-corrected chi connectivity index (χ4v) is 2.87. The fourth-order valence-electron chi connectivity index (χ4n) is 2.87. The second-order valence-electron chi connectivity index (χ2n) is 5.93. The number of nitrogens with zero attached hydrogens (tertiary/aromatic N) is 1. The highest BCUT2D eigenvalue weighted by Gasteiger charge is 2.25. The van der Waals surface area contributed by atoms with E-state index in [4.69, 9.17) is 4.74 Å². The molecule has 2 aromatic rings. The first-order valence-electron chi connectivity index (χ1n) is 8.28. The van der Waals surface area contributed by atoms with Crippen LogP contribution < -0.4 is 10.6 Å². The first kappa shape index (κ1) is 19.2. The minimum absolute atomic E-state index is 0.192. The predicted molar refractivity (Wildman–Crippen MR) is 99.5 cm³/mol. The first-order valence-corrected chi connectivity index (χ1v) is 8.28. The number of anilines is 2. The molecule has 0 saturated carbocycles. The Bertz CT molecular complexity index is 868. The Morgan fingerprint density at radius 3 is 2.31 bits per heavy atom. The third-order valence-corrected chi connectivity index (χ3v) is 4.07. The zero-order chi connectivity index (χ0) is 19.4. The smallest absolute Gasteiger partial charge is 0.355 e. The van der Waals surface area contributed by atoms with Gasteiger partial charge < -0.3 is 19.9 Å². The second-order valence-corrected chi connectivity index (χ2v) is 5.93. The molecular weight excluding hydrogens is 334 g/mol. The minimum atomic E-state index is -0.456. The Hall–Kier alpha value is -3.09. The number of rotatable bonds is 5. The normalized spacial score (nSPS) is 10.3. The number of nitrogens with one attached hydrogen (secondary N) is 2. The Balaban J connectivity index is 2.32. The lowest BCUT2D eigenvalue weighted by molar-refractivity contribution is -0.114. The molecule has 138 valence electrons. The summed E-state index contributed by atoms with van der Waals surface area (Å²) in [4.78, 5) is 36.1. The van der Waals surface area contributed by atoms with E-state index in [0.29, 0.717) is 33.9 Å². The van der Waals surface area contributed by atoms with Crippen LogP contribution in [0.2, 0.25) is 0 Å². The SMILES string of the molecule is CCOC(=O)c1c(C)c(C(=O)Nc2cccc(NC(C)=O)c2)c(C)n1C. The molecule has 0 bridgehead atoms. The molecule has 1 heterocycles. The predicted octanol–water partition coefficient (Wildman–Crippen LogP) is 3.03. The molecule has 2 rings (SSSR count). The van der Waals surface area contributed by atoms with E-state index >= 15 is 0 Å². The number of ether oxygens (including phenoxy) is 1. The zero-order valence-electron chi connectivity index (χ0n) is 15.6. The zero-order valence-corrected chi connectivity index (χ0v) is 15.6. The molecule has 2 N–H and O–H groups in total. The topological polar surface area (TPSA) is 89.4 Å². The molecule has 7 nitrogen and oxygen atoms in total. The van der Waals surface area contributed by atoms with E-state index < -0.39 is 5.97 Å². The molecule has 0 spiro atoms. The summed E-state index contributed by atoms with van der Waals surface area (Å²) >= 11 is 0. The van der Waals surface area contributed by atoms with E-state index in [2.05, 4.69) is 10.6 Å². The van der Waals surface area contributed by atoms with Crippen LogP contribution in [-0.2, 0) is 16.6 Å². The number of esters is 1. The monoisotopic (exact) mass is 357 g/mol. The van der Waals surface area contributed by atoms with E-state index in [1.54, 1.807) is 56.7 Å². The van der Waals surface area contributed by atoms with Crippen LogP contribution in [0.3, 0.4) is 0 Å². The van der Waals surface area contributed by atoms with Crippen molar-refractivity contribution in [1.82, 2.24) is 4.57 Å².